The van der Waals surface area contributed by atoms with Crippen molar-refractivity contribution in [2.75, 3.05) is 0 Å². The Labute approximate surface area is 105 Å². The lowest BCUT2D eigenvalue weighted by Gasteiger charge is -2.24. The van der Waals surface area contributed by atoms with Crippen molar-refractivity contribution in [3.8, 4) is 0 Å². The fraction of sp³-hybridized carbons (Fsp3) is 0.600. The summed E-state index contributed by atoms with van der Waals surface area (Å²) in [5.74, 6) is 0.617. The molecule has 0 aliphatic heterocycles. The highest BCUT2D eigenvalue weighted by atomic mass is 16.3. The molecule has 1 aromatic carbocycles. The van der Waals surface area contributed by atoms with E-state index in [4.69, 9.17) is 0 Å². The Kier molecular flexibility index (Phi) is 5.66. The van der Waals surface area contributed by atoms with E-state index < -0.39 is 0 Å². The highest BCUT2D eigenvalue weighted by Crippen LogP contribution is 2.18. The second-order valence-corrected chi connectivity index (χ2v) is 5.26. The number of hydrogen-bond acceptors (Lipinski definition) is 2. The molecule has 0 saturated heterocycles. The van der Waals surface area contributed by atoms with Gasteiger partial charge in [-0.05, 0) is 31.7 Å². The molecule has 0 aromatic heterocycles. The van der Waals surface area contributed by atoms with Crippen LogP contribution in [0.15, 0.2) is 30.3 Å². The van der Waals surface area contributed by atoms with Crippen LogP contribution < -0.4 is 5.32 Å². The summed E-state index contributed by atoms with van der Waals surface area (Å²) in [5.41, 5.74) is 0.998. The van der Waals surface area contributed by atoms with Crippen LogP contribution in [0.5, 0.6) is 0 Å². The summed E-state index contributed by atoms with van der Waals surface area (Å²) in [6.45, 7) is 8.73. The molecule has 0 amide bonds. The van der Waals surface area contributed by atoms with E-state index in [9.17, 15) is 5.11 Å². The maximum absolute atomic E-state index is 10.1. The van der Waals surface area contributed by atoms with Gasteiger partial charge in [-0.2, -0.15) is 0 Å². The Morgan fingerprint density at radius 2 is 1.65 bits per heavy atom. The molecule has 3 unspecified atom stereocenters. The highest BCUT2D eigenvalue weighted by Gasteiger charge is 2.15. The van der Waals surface area contributed by atoms with Crippen LogP contribution in [-0.2, 0) is 0 Å². The average molecular weight is 235 g/mol. The second kappa shape index (κ2) is 6.77. The molecule has 0 spiro atoms. The van der Waals surface area contributed by atoms with Crippen LogP contribution in [0.3, 0.4) is 0 Å². The molecule has 0 fully saturated rings. The maximum Gasteiger partial charge on any atom is 0.0804 e. The van der Waals surface area contributed by atoms with Gasteiger partial charge in [0, 0.05) is 12.1 Å². The van der Waals surface area contributed by atoms with Crippen molar-refractivity contribution in [2.45, 2.75) is 52.3 Å². The van der Waals surface area contributed by atoms with Crippen LogP contribution >= 0.6 is 0 Å². The van der Waals surface area contributed by atoms with Crippen LogP contribution in [0.4, 0.5) is 0 Å². The first-order valence-electron chi connectivity index (χ1n) is 6.49. The smallest absolute Gasteiger partial charge is 0.0804 e. The van der Waals surface area contributed by atoms with Gasteiger partial charge >= 0.3 is 0 Å². The molecule has 0 bridgehead atoms. The lowest BCUT2D eigenvalue weighted by molar-refractivity contribution is 0.150. The molecule has 2 nitrogen and oxygen atoms in total. The zero-order chi connectivity index (χ0) is 12.8. The minimum atomic E-state index is -0.377. The minimum absolute atomic E-state index is 0.322. The summed E-state index contributed by atoms with van der Waals surface area (Å²) in [7, 11) is 0. The van der Waals surface area contributed by atoms with E-state index in [0.717, 1.165) is 12.0 Å². The van der Waals surface area contributed by atoms with E-state index in [1.54, 1.807) is 0 Å². The monoisotopic (exact) mass is 235 g/mol. The Morgan fingerprint density at radius 3 is 2.18 bits per heavy atom. The van der Waals surface area contributed by atoms with Crippen molar-refractivity contribution < 1.29 is 5.11 Å². The topological polar surface area (TPSA) is 32.3 Å². The van der Waals surface area contributed by atoms with Gasteiger partial charge in [0.1, 0.15) is 0 Å². The fourth-order valence-electron chi connectivity index (χ4n) is 1.86. The van der Waals surface area contributed by atoms with Gasteiger partial charge in [-0.15, -0.1) is 0 Å². The molecule has 96 valence electrons. The molecule has 0 radical (unpaired) electrons. The lowest BCUT2D eigenvalue weighted by atomic mass is 10.0. The third kappa shape index (κ3) is 4.88. The Bertz CT molecular complexity index is 310. The SMILES string of the molecule is CC(CC(O)c1ccccc1)NC(C)C(C)C. The van der Waals surface area contributed by atoms with Gasteiger partial charge in [0.2, 0.25) is 0 Å². The van der Waals surface area contributed by atoms with E-state index in [1.165, 1.54) is 0 Å². The highest BCUT2D eigenvalue weighted by molar-refractivity contribution is 5.17. The molecule has 17 heavy (non-hydrogen) atoms. The predicted octanol–water partition coefficient (Wildman–Crippen LogP) is 3.13. The number of aliphatic hydroxyl groups is 1. The number of benzene rings is 1. The predicted molar refractivity (Wildman–Crippen MR) is 72.9 cm³/mol. The van der Waals surface area contributed by atoms with Gasteiger partial charge in [0.25, 0.3) is 0 Å². The third-order valence-corrected chi connectivity index (χ3v) is 3.31. The molecule has 0 heterocycles. The van der Waals surface area contributed by atoms with Gasteiger partial charge in [-0.3, -0.25) is 0 Å². The van der Waals surface area contributed by atoms with Gasteiger partial charge in [0.05, 0.1) is 6.10 Å². The summed E-state index contributed by atoms with van der Waals surface area (Å²) < 4.78 is 0. The van der Waals surface area contributed by atoms with Crippen LogP contribution in [0.2, 0.25) is 0 Å². The lowest BCUT2D eigenvalue weighted by Crippen LogP contribution is -2.38. The van der Waals surface area contributed by atoms with Gasteiger partial charge in [-0.1, -0.05) is 44.2 Å². The van der Waals surface area contributed by atoms with Crippen molar-refractivity contribution in [3.63, 3.8) is 0 Å². The van der Waals surface area contributed by atoms with Crippen molar-refractivity contribution in [3.05, 3.63) is 35.9 Å². The average Bonchev–Trinajstić information content (AvgIpc) is 2.29. The van der Waals surface area contributed by atoms with E-state index in [-0.39, 0.29) is 6.10 Å². The second-order valence-electron chi connectivity index (χ2n) is 5.26. The Balaban J connectivity index is 2.43. The Morgan fingerprint density at radius 1 is 1.06 bits per heavy atom. The van der Waals surface area contributed by atoms with Crippen LogP contribution in [0.1, 0.15) is 45.8 Å². The molecule has 0 aliphatic carbocycles. The van der Waals surface area contributed by atoms with E-state index in [0.29, 0.717) is 18.0 Å². The molecular formula is C15H25NO. The van der Waals surface area contributed by atoms with Gasteiger partial charge < -0.3 is 10.4 Å². The summed E-state index contributed by atoms with van der Waals surface area (Å²) in [6, 6.07) is 10.7. The quantitative estimate of drug-likeness (QED) is 0.794. The molecule has 1 aromatic rings. The van der Waals surface area contributed by atoms with Gasteiger partial charge in [0.15, 0.2) is 0 Å². The normalized spacial score (nSPS) is 16.8. The maximum atomic E-state index is 10.1. The molecule has 3 atom stereocenters. The zero-order valence-electron chi connectivity index (χ0n) is 11.4. The summed E-state index contributed by atoms with van der Waals surface area (Å²) in [4.78, 5) is 0. The molecule has 1 rings (SSSR count). The van der Waals surface area contributed by atoms with Crippen molar-refractivity contribution in [1.82, 2.24) is 5.32 Å². The molecule has 2 heteroatoms. The van der Waals surface area contributed by atoms with Crippen molar-refractivity contribution >= 4 is 0 Å². The third-order valence-electron chi connectivity index (χ3n) is 3.31. The van der Waals surface area contributed by atoms with Crippen molar-refractivity contribution in [2.24, 2.45) is 5.92 Å². The molecule has 0 saturated carbocycles. The molecule has 2 N–H and O–H groups in total. The number of rotatable bonds is 6. The number of aliphatic hydroxyl groups excluding tert-OH is 1. The summed E-state index contributed by atoms with van der Waals surface area (Å²) >= 11 is 0. The van der Waals surface area contributed by atoms with Crippen LogP contribution in [0.25, 0.3) is 0 Å². The van der Waals surface area contributed by atoms with Crippen molar-refractivity contribution in [1.29, 1.82) is 0 Å². The van der Waals surface area contributed by atoms with E-state index in [1.807, 2.05) is 30.3 Å². The minimum Gasteiger partial charge on any atom is -0.388 e. The van der Waals surface area contributed by atoms with E-state index >= 15 is 0 Å². The first-order valence-corrected chi connectivity index (χ1v) is 6.49. The summed E-state index contributed by atoms with van der Waals surface area (Å²) in [5, 5.41) is 13.6. The first kappa shape index (κ1) is 14.2. The van der Waals surface area contributed by atoms with E-state index in [2.05, 4.69) is 33.0 Å². The first-order chi connectivity index (χ1) is 8.00. The van der Waals surface area contributed by atoms with Crippen LogP contribution in [-0.4, -0.2) is 17.2 Å². The zero-order valence-corrected chi connectivity index (χ0v) is 11.4. The summed E-state index contributed by atoms with van der Waals surface area (Å²) in [6.07, 6.45) is 0.374. The largest absolute Gasteiger partial charge is 0.388 e. The standard InChI is InChI=1S/C15H25NO/c1-11(2)13(4)16-12(3)10-15(17)14-8-6-5-7-9-14/h5-9,11-13,15-17H,10H2,1-4H3. The Hall–Kier alpha value is -0.860. The van der Waals surface area contributed by atoms with Gasteiger partial charge in [-0.25, -0.2) is 0 Å². The molecule has 0 aliphatic rings. The van der Waals surface area contributed by atoms with Crippen LogP contribution in [0, 0.1) is 5.92 Å². The number of nitrogens with one attached hydrogen (secondary N) is 1. The number of hydrogen-bond donors (Lipinski definition) is 2. The fourth-order valence-corrected chi connectivity index (χ4v) is 1.86. The molecular weight excluding hydrogens is 210 g/mol.